The van der Waals surface area contributed by atoms with Crippen LogP contribution >= 0.6 is 0 Å². The molecule has 2 atom stereocenters. The summed E-state index contributed by atoms with van der Waals surface area (Å²) in [6.07, 6.45) is 6.92. The molecule has 0 saturated carbocycles. The number of benzene rings is 1. The Hall–Kier alpha value is -2.11. The van der Waals surface area contributed by atoms with Crippen LogP contribution in [0.15, 0.2) is 30.3 Å². The molecule has 4 aliphatic heterocycles. The van der Waals surface area contributed by atoms with Gasteiger partial charge in [0.15, 0.2) is 0 Å². The van der Waals surface area contributed by atoms with Gasteiger partial charge in [-0.25, -0.2) is 0 Å². The average Bonchev–Trinajstić information content (AvgIpc) is 3.13. The normalized spacial score (nSPS) is 28.9. The third kappa shape index (κ3) is 2.37. The number of hydrogen-bond donors (Lipinski definition) is 0. The smallest absolute Gasteiger partial charge is 0.270 e. The van der Waals surface area contributed by atoms with Gasteiger partial charge in [-0.3, -0.25) is 9.69 Å². The molecule has 5 heteroatoms. The second-order valence-electron chi connectivity index (χ2n) is 9.03. The Bertz CT molecular complexity index is 1020. The van der Waals surface area contributed by atoms with Gasteiger partial charge in [0.25, 0.3) is 5.91 Å². The van der Waals surface area contributed by atoms with Crippen molar-refractivity contribution < 1.29 is 9.53 Å². The highest BCUT2D eigenvalue weighted by Gasteiger charge is 2.51. The summed E-state index contributed by atoms with van der Waals surface area (Å²) in [5.74, 6) is 0.172. The van der Waals surface area contributed by atoms with Crippen LogP contribution in [0.1, 0.15) is 43.5 Å². The fraction of sp³-hybridized carbons (Fsp3) is 0.542. The molecule has 4 aliphatic rings. The van der Waals surface area contributed by atoms with Crippen molar-refractivity contribution >= 4 is 22.5 Å². The van der Waals surface area contributed by atoms with Gasteiger partial charge in [-0.2, -0.15) is 0 Å². The van der Waals surface area contributed by atoms with E-state index in [4.69, 9.17) is 4.74 Å². The fourth-order valence-electron chi connectivity index (χ4n) is 6.36. The van der Waals surface area contributed by atoms with Gasteiger partial charge in [0.05, 0.1) is 24.8 Å². The van der Waals surface area contributed by atoms with Crippen molar-refractivity contribution in [3.05, 3.63) is 41.6 Å². The molecule has 152 valence electrons. The Morgan fingerprint density at radius 1 is 1.17 bits per heavy atom. The number of ether oxygens (including phenoxy) is 1. The number of aromatic nitrogens is 1. The first-order valence-electron chi connectivity index (χ1n) is 11.2. The van der Waals surface area contributed by atoms with Crippen LogP contribution in [0.3, 0.4) is 0 Å². The molecule has 0 radical (unpaired) electrons. The molecular weight excluding hydrogens is 362 g/mol. The maximum Gasteiger partial charge on any atom is 0.270 e. The molecule has 1 aromatic carbocycles. The summed E-state index contributed by atoms with van der Waals surface area (Å²) >= 11 is 0. The molecule has 5 nitrogen and oxygen atoms in total. The third-order valence-electron chi connectivity index (χ3n) is 7.77. The highest BCUT2D eigenvalue weighted by Crippen LogP contribution is 2.57. The van der Waals surface area contributed by atoms with Crippen molar-refractivity contribution in [1.82, 2.24) is 14.4 Å². The Labute approximate surface area is 171 Å². The summed E-state index contributed by atoms with van der Waals surface area (Å²) in [7, 11) is 0. The summed E-state index contributed by atoms with van der Waals surface area (Å²) in [5, 5.41) is 1.33. The number of nitrogens with zero attached hydrogens (tertiary/aromatic N) is 3. The van der Waals surface area contributed by atoms with E-state index in [-0.39, 0.29) is 11.3 Å². The predicted octanol–water partition coefficient (Wildman–Crippen LogP) is 3.44. The fourth-order valence-corrected chi connectivity index (χ4v) is 6.36. The molecular formula is C24H29N3O2. The first kappa shape index (κ1) is 17.7. The molecule has 29 heavy (non-hydrogen) atoms. The van der Waals surface area contributed by atoms with Crippen LogP contribution in [0.2, 0.25) is 0 Å². The maximum atomic E-state index is 13.8. The first-order chi connectivity index (χ1) is 14.2. The number of hydrogen-bond acceptors (Lipinski definition) is 3. The summed E-state index contributed by atoms with van der Waals surface area (Å²) in [4.78, 5) is 18.5. The Balaban J connectivity index is 1.61. The summed E-state index contributed by atoms with van der Waals surface area (Å²) < 4.78 is 7.84. The lowest BCUT2D eigenvalue weighted by atomic mass is 9.66. The minimum absolute atomic E-state index is 0.0646. The summed E-state index contributed by atoms with van der Waals surface area (Å²) in [6.45, 7) is 7.27. The van der Waals surface area contributed by atoms with Crippen LogP contribution in [0.5, 0.6) is 0 Å². The molecule has 0 N–H and O–H groups in total. The van der Waals surface area contributed by atoms with Crippen LogP contribution in [0, 0.1) is 5.41 Å². The Morgan fingerprint density at radius 2 is 2.00 bits per heavy atom. The van der Waals surface area contributed by atoms with E-state index in [0.29, 0.717) is 32.3 Å². The molecule has 0 spiro atoms. The van der Waals surface area contributed by atoms with Crippen LogP contribution in [0.25, 0.3) is 16.6 Å². The van der Waals surface area contributed by atoms with E-state index < -0.39 is 0 Å². The third-order valence-corrected chi connectivity index (χ3v) is 7.77. The topological polar surface area (TPSA) is 37.7 Å². The number of para-hydroxylation sites is 1. The molecule has 2 fully saturated rings. The van der Waals surface area contributed by atoms with Crippen LogP contribution in [-0.2, 0) is 16.0 Å². The number of carbonyl (C=O) groups is 1. The van der Waals surface area contributed by atoms with Gasteiger partial charge in [0, 0.05) is 36.1 Å². The molecule has 5 heterocycles. The van der Waals surface area contributed by atoms with Crippen molar-refractivity contribution in [2.24, 2.45) is 5.41 Å². The second kappa shape index (κ2) is 6.44. The van der Waals surface area contributed by atoms with E-state index in [9.17, 15) is 4.79 Å². The van der Waals surface area contributed by atoms with Crippen LogP contribution in [0.4, 0.5) is 0 Å². The standard InChI is InChI=1S/C24H29N3O2/c1-2-24-9-5-10-25-11-8-18-17-6-3-4-7-19(17)27(21(18)22(24)25)20(16-24)23(28)26-12-14-29-15-13-26/h3-4,6-7,16,22H,2,5,8-15H2,1H3/t22?,24-/m0/s1. The predicted molar refractivity (Wildman–Crippen MR) is 114 cm³/mol. The largest absolute Gasteiger partial charge is 0.378 e. The minimum Gasteiger partial charge on any atom is -0.378 e. The quantitative estimate of drug-likeness (QED) is 0.787. The van der Waals surface area contributed by atoms with Crippen LogP contribution < -0.4 is 0 Å². The number of fused-ring (bicyclic) bond motifs is 3. The number of carbonyl (C=O) groups excluding carboxylic acids is 1. The summed E-state index contributed by atoms with van der Waals surface area (Å²) in [6, 6.07) is 9.09. The first-order valence-corrected chi connectivity index (χ1v) is 11.2. The maximum absolute atomic E-state index is 13.8. The van der Waals surface area contributed by atoms with E-state index in [1.807, 2.05) is 4.90 Å². The monoisotopic (exact) mass is 391 g/mol. The van der Waals surface area contributed by atoms with Gasteiger partial charge < -0.3 is 14.2 Å². The molecule has 1 unspecified atom stereocenters. The van der Waals surface area contributed by atoms with Gasteiger partial charge in [-0.15, -0.1) is 0 Å². The van der Waals surface area contributed by atoms with Gasteiger partial charge in [-0.1, -0.05) is 25.1 Å². The van der Waals surface area contributed by atoms with Crippen molar-refractivity contribution in [2.75, 3.05) is 39.4 Å². The van der Waals surface area contributed by atoms with E-state index in [1.165, 1.54) is 41.5 Å². The van der Waals surface area contributed by atoms with Gasteiger partial charge in [0.1, 0.15) is 5.70 Å². The zero-order chi connectivity index (χ0) is 19.6. The number of morpholine rings is 1. The molecule has 1 aromatic heterocycles. The lowest BCUT2D eigenvalue weighted by Crippen LogP contribution is -2.52. The van der Waals surface area contributed by atoms with E-state index in [2.05, 4.69) is 46.7 Å². The van der Waals surface area contributed by atoms with Crippen molar-refractivity contribution in [3.8, 4) is 0 Å². The van der Waals surface area contributed by atoms with Crippen LogP contribution in [-0.4, -0.2) is 59.7 Å². The highest BCUT2D eigenvalue weighted by atomic mass is 16.5. The average molecular weight is 392 g/mol. The van der Waals surface area contributed by atoms with E-state index in [0.717, 1.165) is 25.1 Å². The molecule has 0 bridgehead atoms. The van der Waals surface area contributed by atoms with Gasteiger partial charge in [0.2, 0.25) is 0 Å². The lowest BCUT2D eigenvalue weighted by Gasteiger charge is -2.53. The van der Waals surface area contributed by atoms with Crippen molar-refractivity contribution in [1.29, 1.82) is 0 Å². The number of amides is 1. The lowest BCUT2D eigenvalue weighted by molar-refractivity contribution is -0.129. The van der Waals surface area contributed by atoms with Crippen molar-refractivity contribution in [3.63, 3.8) is 0 Å². The molecule has 2 saturated heterocycles. The second-order valence-corrected chi connectivity index (χ2v) is 9.03. The zero-order valence-corrected chi connectivity index (χ0v) is 17.2. The number of rotatable bonds is 2. The molecule has 0 aliphatic carbocycles. The minimum atomic E-state index is 0.0646. The van der Waals surface area contributed by atoms with E-state index >= 15 is 0 Å². The molecule has 2 aromatic rings. The Kier molecular flexibility index (Phi) is 3.94. The number of piperidine rings is 1. The Morgan fingerprint density at radius 3 is 2.83 bits per heavy atom. The highest BCUT2D eigenvalue weighted by molar-refractivity contribution is 6.16. The van der Waals surface area contributed by atoms with Gasteiger partial charge >= 0.3 is 0 Å². The molecule has 6 rings (SSSR count). The molecule has 1 amide bonds. The van der Waals surface area contributed by atoms with Gasteiger partial charge in [-0.05, 0) is 49.9 Å². The van der Waals surface area contributed by atoms with E-state index in [1.54, 1.807) is 0 Å². The zero-order valence-electron chi connectivity index (χ0n) is 17.2. The summed E-state index contributed by atoms with van der Waals surface area (Å²) in [5.41, 5.74) is 5.02. The van der Waals surface area contributed by atoms with Crippen molar-refractivity contribution in [2.45, 2.75) is 38.6 Å². The SMILES string of the molecule is CC[C@@]12C=C(C(=O)N3CCOCC3)n3c4c(c5ccccc53)CCN(CCC1)C42.